The summed E-state index contributed by atoms with van der Waals surface area (Å²) in [5.74, 6) is 1.93. The monoisotopic (exact) mass is 264 g/mol. The normalized spacial score (nSPS) is 29.6. The first-order valence-electron chi connectivity index (χ1n) is 8.22. The zero-order valence-corrected chi connectivity index (χ0v) is 13.1. The second-order valence-corrected chi connectivity index (χ2v) is 7.05. The average Bonchev–Trinajstić information content (AvgIpc) is 2.81. The van der Waals surface area contributed by atoms with Crippen LogP contribution in [0.4, 0.5) is 0 Å². The number of nitrogens with zero attached hydrogens (tertiary/aromatic N) is 1. The first-order chi connectivity index (χ1) is 9.13. The van der Waals surface area contributed by atoms with Crippen LogP contribution < -0.4 is 5.32 Å². The Morgan fingerprint density at radius 2 is 1.89 bits per heavy atom. The number of hydrogen-bond donors (Lipinski definition) is 1. The van der Waals surface area contributed by atoms with Crippen molar-refractivity contribution in [1.29, 1.82) is 0 Å². The van der Waals surface area contributed by atoms with Crippen LogP contribution >= 0.6 is 0 Å². The van der Waals surface area contributed by atoms with Crippen LogP contribution in [0.5, 0.6) is 0 Å². The van der Waals surface area contributed by atoms with E-state index < -0.39 is 0 Å². The van der Waals surface area contributed by atoms with E-state index in [-0.39, 0.29) is 0 Å². The maximum Gasteiger partial charge on any atom is 0.0165 e. The molecule has 2 heteroatoms. The quantitative estimate of drug-likeness (QED) is 0.765. The second kappa shape index (κ2) is 7.44. The smallest absolute Gasteiger partial charge is 0.0165 e. The summed E-state index contributed by atoms with van der Waals surface area (Å²) in [4.78, 5) is 2.59. The third kappa shape index (κ3) is 5.27. The molecule has 2 rings (SSSR count). The molecule has 2 atom stereocenters. The first-order valence-corrected chi connectivity index (χ1v) is 8.22. The molecule has 1 saturated heterocycles. The lowest BCUT2D eigenvalue weighted by atomic mass is 10.0. The van der Waals surface area contributed by atoms with Gasteiger partial charge in [0, 0.05) is 12.6 Å². The van der Waals surface area contributed by atoms with Crippen molar-refractivity contribution in [3.8, 4) is 0 Å². The van der Waals surface area contributed by atoms with E-state index >= 15 is 0 Å². The number of hydrogen-bond acceptors (Lipinski definition) is 2. The van der Waals surface area contributed by atoms with E-state index in [1.54, 1.807) is 0 Å². The molecule has 1 heterocycles. The van der Waals surface area contributed by atoms with E-state index in [1.165, 1.54) is 57.3 Å². The van der Waals surface area contributed by atoms with Crippen molar-refractivity contribution in [2.45, 2.75) is 58.9 Å². The molecule has 0 radical (unpaired) electrons. The second-order valence-electron chi connectivity index (χ2n) is 7.05. The minimum atomic E-state index is 0.777. The maximum absolute atomic E-state index is 3.83. The molecular formula is C17H32N2. The number of rotatable bonds is 5. The van der Waals surface area contributed by atoms with Crippen LogP contribution in [0, 0.1) is 11.8 Å². The van der Waals surface area contributed by atoms with E-state index in [2.05, 4.69) is 37.1 Å². The van der Waals surface area contributed by atoms with Crippen LogP contribution in [0.15, 0.2) is 11.6 Å². The van der Waals surface area contributed by atoms with E-state index in [0.29, 0.717) is 0 Å². The van der Waals surface area contributed by atoms with Crippen LogP contribution in [-0.2, 0) is 0 Å². The zero-order chi connectivity index (χ0) is 13.7. The van der Waals surface area contributed by atoms with Gasteiger partial charge < -0.3 is 5.32 Å². The summed E-state index contributed by atoms with van der Waals surface area (Å²) in [7, 11) is 0. The topological polar surface area (TPSA) is 15.3 Å². The Morgan fingerprint density at radius 3 is 2.47 bits per heavy atom. The van der Waals surface area contributed by atoms with Crippen molar-refractivity contribution in [3.05, 3.63) is 11.6 Å². The largest absolute Gasteiger partial charge is 0.314 e. The van der Waals surface area contributed by atoms with Crippen LogP contribution in [0.2, 0.25) is 0 Å². The molecule has 19 heavy (non-hydrogen) atoms. The van der Waals surface area contributed by atoms with Gasteiger partial charge in [0.05, 0.1) is 0 Å². The lowest BCUT2D eigenvalue weighted by Gasteiger charge is -2.32. The highest BCUT2D eigenvalue weighted by Gasteiger charge is 2.23. The summed E-state index contributed by atoms with van der Waals surface area (Å²) in [6.45, 7) is 11.7. The predicted molar refractivity (Wildman–Crippen MR) is 83.4 cm³/mol. The third-order valence-corrected chi connectivity index (χ3v) is 4.84. The first kappa shape index (κ1) is 15.1. The van der Waals surface area contributed by atoms with Crippen LogP contribution in [-0.4, -0.2) is 37.1 Å². The summed E-state index contributed by atoms with van der Waals surface area (Å²) < 4.78 is 0. The molecule has 1 saturated carbocycles. The van der Waals surface area contributed by atoms with Crippen LogP contribution in [0.1, 0.15) is 52.9 Å². The lowest BCUT2D eigenvalue weighted by molar-refractivity contribution is 0.211. The van der Waals surface area contributed by atoms with Gasteiger partial charge in [-0.1, -0.05) is 25.0 Å². The van der Waals surface area contributed by atoms with Crippen LogP contribution in [0.25, 0.3) is 0 Å². The molecule has 0 aromatic heterocycles. The van der Waals surface area contributed by atoms with Crippen molar-refractivity contribution in [3.63, 3.8) is 0 Å². The average molecular weight is 264 g/mol. The summed E-state index contributed by atoms with van der Waals surface area (Å²) in [5, 5.41) is 3.83. The molecule has 1 N–H and O–H groups in total. The summed E-state index contributed by atoms with van der Waals surface area (Å²) >= 11 is 0. The van der Waals surface area contributed by atoms with Gasteiger partial charge in [-0.05, 0) is 71.0 Å². The molecule has 0 bridgehead atoms. The Balaban J connectivity index is 1.59. The molecule has 1 aliphatic carbocycles. The van der Waals surface area contributed by atoms with Crippen molar-refractivity contribution in [2.24, 2.45) is 11.8 Å². The molecule has 2 aliphatic rings. The number of nitrogens with one attached hydrogen (secondary N) is 1. The lowest BCUT2D eigenvalue weighted by Crippen LogP contribution is -2.43. The molecule has 2 unspecified atom stereocenters. The minimum absolute atomic E-state index is 0.777. The minimum Gasteiger partial charge on any atom is -0.314 e. The molecule has 2 fully saturated rings. The fourth-order valence-corrected chi connectivity index (χ4v) is 3.48. The summed E-state index contributed by atoms with van der Waals surface area (Å²) in [5.41, 5.74) is 1.44. The predicted octanol–water partition coefficient (Wildman–Crippen LogP) is 3.44. The Hall–Kier alpha value is -0.340. The van der Waals surface area contributed by atoms with Gasteiger partial charge in [0.2, 0.25) is 0 Å². The van der Waals surface area contributed by atoms with Gasteiger partial charge in [-0.2, -0.15) is 0 Å². The van der Waals surface area contributed by atoms with Gasteiger partial charge in [0.1, 0.15) is 0 Å². The van der Waals surface area contributed by atoms with E-state index in [9.17, 15) is 0 Å². The van der Waals surface area contributed by atoms with Crippen molar-refractivity contribution < 1.29 is 0 Å². The number of likely N-dealkylation sites (tertiary alicyclic amines) is 1. The van der Waals surface area contributed by atoms with Crippen molar-refractivity contribution in [2.75, 3.05) is 26.2 Å². The fourth-order valence-electron chi connectivity index (χ4n) is 3.48. The van der Waals surface area contributed by atoms with Crippen LogP contribution in [0.3, 0.4) is 0 Å². The zero-order valence-electron chi connectivity index (χ0n) is 13.1. The Kier molecular flexibility index (Phi) is 5.90. The molecule has 0 aromatic carbocycles. The van der Waals surface area contributed by atoms with Gasteiger partial charge in [0.25, 0.3) is 0 Å². The molecule has 0 aromatic rings. The molecule has 1 aliphatic heterocycles. The maximum atomic E-state index is 3.83. The molecule has 110 valence electrons. The Labute approximate surface area is 119 Å². The molecule has 2 nitrogen and oxygen atoms in total. The van der Waals surface area contributed by atoms with Gasteiger partial charge in [-0.15, -0.1) is 0 Å². The van der Waals surface area contributed by atoms with Gasteiger partial charge >= 0.3 is 0 Å². The highest BCUT2D eigenvalue weighted by molar-refractivity contribution is 4.95. The summed E-state index contributed by atoms with van der Waals surface area (Å²) in [6, 6.07) is 0.777. The molecule has 0 amide bonds. The van der Waals surface area contributed by atoms with Gasteiger partial charge in [-0.25, -0.2) is 0 Å². The van der Waals surface area contributed by atoms with Gasteiger partial charge in [0.15, 0.2) is 0 Å². The Morgan fingerprint density at radius 1 is 1.16 bits per heavy atom. The Bertz CT molecular complexity index is 286. The standard InChI is InChI=1S/C17H32N2/c1-14(2)6-9-19-10-7-17(8-11-19)18-13-16-5-4-15(3)12-16/h6,15-18H,4-5,7-13H2,1-3H3. The van der Waals surface area contributed by atoms with Crippen molar-refractivity contribution in [1.82, 2.24) is 10.2 Å². The highest BCUT2D eigenvalue weighted by atomic mass is 15.1. The summed E-state index contributed by atoms with van der Waals surface area (Å²) in [6.07, 6.45) is 9.37. The number of allylic oxidation sites excluding steroid dienone is 1. The fraction of sp³-hybridized carbons (Fsp3) is 0.882. The molecule has 0 spiro atoms. The molecular weight excluding hydrogens is 232 g/mol. The number of piperidine rings is 1. The highest BCUT2D eigenvalue weighted by Crippen LogP contribution is 2.29. The SMILES string of the molecule is CC(C)=CCN1CCC(NCC2CCC(C)C2)CC1. The van der Waals surface area contributed by atoms with E-state index in [1.807, 2.05) is 0 Å². The van der Waals surface area contributed by atoms with E-state index in [0.717, 1.165) is 24.4 Å². The van der Waals surface area contributed by atoms with E-state index in [4.69, 9.17) is 0 Å². The van der Waals surface area contributed by atoms with Gasteiger partial charge in [-0.3, -0.25) is 4.90 Å². The van der Waals surface area contributed by atoms with Crippen molar-refractivity contribution >= 4 is 0 Å². The third-order valence-electron chi connectivity index (χ3n) is 4.84.